The monoisotopic (exact) mass is 165 g/mol. The van der Waals surface area contributed by atoms with Gasteiger partial charge >= 0.3 is 0 Å². The lowest BCUT2D eigenvalue weighted by atomic mass is 9.89. The van der Waals surface area contributed by atoms with E-state index in [0.717, 1.165) is 11.3 Å². The molecule has 0 unspecified atom stereocenters. The van der Waals surface area contributed by atoms with Crippen molar-refractivity contribution in [1.29, 1.82) is 0 Å². The van der Waals surface area contributed by atoms with Crippen molar-refractivity contribution in [3.05, 3.63) is 23.8 Å². The summed E-state index contributed by atoms with van der Waals surface area (Å²) in [5, 5.41) is 0. The van der Waals surface area contributed by atoms with Gasteiger partial charge in [-0.25, -0.2) is 9.97 Å². The second-order valence-corrected chi connectivity index (χ2v) is 3.85. The Morgan fingerprint density at radius 1 is 1.42 bits per heavy atom. The summed E-state index contributed by atoms with van der Waals surface area (Å²) < 4.78 is 0. The first-order valence-electron chi connectivity index (χ1n) is 4.05. The zero-order valence-electron chi connectivity index (χ0n) is 7.83. The minimum Gasteiger partial charge on any atom is -0.326 e. The summed E-state index contributed by atoms with van der Waals surface area (Å²) >= 11 is 0. The molecule has 0 spiro atoms. The van der Waals surface area contributed by atoms with Gasteiger partial charge < -0.3 is 5.73 Å². The smallest absolute Gasteiger partial charge is 0.115 e. The van der Waals surface area contributed by atoms with Crippen LogP contribution in [0.15, 0.2) is 12.5 Å². The predicted molar refractivity (Wildman–Crippen MR) is 48.6 cm³/mol. The van der Waals surface area contributed by atoms with Crippen LogP contribution in [-0.2, 0) is 12.0 Å². The van der Waals surface area contributed by atoms with Crippen LogP contribution >= 0.6 is 0 Å². The first kappa shape index (κ1) is 9.13. The number of rotatable bonds is 1. The molecule has 0 radical (unpaired) electrons. The van der Waals surface area contributed by atoms with E-state index < -0.39 is 0 Å². The van der Waals surface area contributed by atoms with Gasteiger partial charge in [0.15, 0.2) is 0 Å². The van der Waals surface area contributed by atoms with Crippen LogP contribution in [0.3, 0.4) is 0 Å². The van der Waals surface area contributed by atoms with Gasteiger partial charge in [0.1, 0.15) is 6.33 Å². The van der Waals surface area contributed by atoms with Crippen LogP contribution in [0.4, 0.5) is 0 Å². The van der Waals surface area contributed by atoms with Crippen molar-refractivity contribution in [3.63, 3.8) is 0 Å². The van der Waals surface area contributed by atoms with Crippen molar-refractivity contribution < 1.29 is 0 Å². The van der Waals surface area contributed by atoms with Crippen LogP contribution in [0.5, 0.6) is 0 Å². The SMILES string of the molecule is CC(C)(C)c1ncncc1CN. The predicted octanol–water partition coefficient (Wildman–Crippen LogP) is 1.23. The van der Waals surface area contributed by atoms with Gasteiger partial charge in [-0.2, -0.15) is 0 Å². The topological polar surface area (TPSA) is 51.8 Å². The van der Waals surface area contributed by atoms with Crippen LogP contribution in [0.2, 0.25) is 0 Å². The Bertz CT molecular complexity index is 263. The lowest BCUT2D eigenvalue weighted by Gasteiger charge is -2.19. The second-order valence-electron chi connectivity index (χ2n) is 3.85. The molecule has 0 aromatic carbocycles. The molecule has 0 aliphatic carbocycles. The average Bonchev–Trinajstić information content (AvgIpc) is 2.03. The summed E-state index contributed by atoms with van der Waals surface area (Å²) in [6.45, 7) is 6.87. The maximum absolute atomic E-state index is 5.57. The number of hydrogen-bond acceptors (Lipinski definition) is 3. The third-order valence-electron chi connectivity index (χ3n) is 1.72. The standard InChI is InChI=1S/C9H15N3/c1-9(2,3)8-7(4-10)5-11-6-12-8/h5-6H,4,10H2,1-3H3. The maximum atomic E-state index is 5.57. The van der Waals surface area contributed by atoms with E-state index in [-0.39, 0.29) is 5.41 Å². The molecule has 1 aromatic heterocycles. The van der Waals surface area contributed by atoms with Crippen molar-refractivity contribution in [2.45, 2.75) is 32.7 Å². The van der Waals surface area contributed by atoms with Gasteiger partial charge in [0, 0.05) is 23.7 Å². The number of hydrogen-bond donors (Lipinski definition) is 1. The molecule has 0 aliphatic rings. The Balaban J connectivity index is 3.14. The van der Waals surface area contributed by atoms with Crippen LogP contribution < -0.4 is 5.73 Å². The molecule has 0 amide bonds. The van der Waals surface area contributed by atoms with Gasteiger partial charge in [0.2, 0.25) is 0 Å². The first-order valence-corrected chi connectivity index (χ1v) is 4.05. The van der Waals surface area contributed by atoms with Gasteiger partial charge in [0.05, 0.1) is 5.69 Å². The molecule has 0 saturated carbocycles. The van der Waals surface area contributed by atoms with E-state index in [1.54, 1.807) is 12.5 Å². The molecule has 2 N–H and O–H groups in total. The third kappa shape index (κ3) is 1.80. The first-order chi connectivity index (χ1) is 5.55. The minimum atomic E-state index is 0.0532. The molecule has 0 aliphatic heterocycles. The van der Waals surface area contributed by atoms with Crippen molar-refractivity contribution >= 4 is 0 Å². The fraction of sp³-hybridized carbons (Fsp3) is 0.556. The Morgan fingerprint density at radius 2 is 2.08 bits per heavy atom. The quantitative estimate of drug-likeness (QED) is 0.681. The van der Waals surface area contributed by atoms with E-state index in [1.807, 2.05) is 0 Å². The van der Waals surface area contributed by atoms with E-state index >= 15 is 0 Å². The highest BCUT2D eigenvalue weighted by Crippen LogP contribution is 2.22. The highest BCUT2D eigenvalue weighted by atomic mass is 14.8. The van der Waals surface area contributed by atoms with Crippen molar-refractivity contribution in [2.75, 3.05) is 0 Å². The summed E-state index contributed by atoms with van der Waals surface area (Å²) in [7, 11) is 0. The van der Waals surface area contributed by atoms with Gasteiger partial charge in [0.25, 0.3) is 0 Å². The molecule has 3 heteroatoms. The second kappa shape index (κ2) is 3.19. The van der Waals surface area contributed by atoms with E-state index in [4.69, 9.17) is 5.73 Å². The molecule has 1 heterocycles. The summed E-state index contributed by atoms with van der Waals surface area (Å²) in [4.78, 5) is 8.17. The van der Waals surface area contributed by atoms with Crippen LogP contribution in [0.1, 0.15) is 32.0 Å². The van der Waals surface area contributed by atoms with E-state index in [1.165, 1.54) is 0 Å². The molecule has 3 nitrogen and oxygen atoms in total. The fourth-order valence-corrected chi connectivity index (χ4v) is 1.18. The minimum absolute atomic E-state index is 0.0532. The zero-order chi connectivity index (χ0) is 9.19. The lowest BCUT2D eigenvalue weighted by Crippen LogP contribution is -2.18. The van der Waals surface area contributed by atoms with Crippen LogP contribution in [0.25, 0.3) is 0 Å². The molecule has 0 fully saturated rings. The highest BCUT2D eigenvalue weighted by Gasteiger charge is 2.18. The largest absolute Gasteiger partial charge is 0.326 e. The summed E-state index contributed by atoms with van der Waals surface area (Å²) in [6.07, 6.45) is 3.35. The normalized spacial score (nSPS) is 11.7. The van der Waals surface area contributed by atoms with Gasteiger partial charge in [-0.15, -0.1) is 0 Å². The molecular formula is C9H15N3. The van der Waals surface area contributed by atoms with Crippen LogP contribution in [0, 0.1) is 0 Å². The summed E-state index contributed by atoms with van der Waals surface area (Å²) in [6, 6.07) is 0. The maximum Gasteiger partial charge on any atom is 0.115 e. The number of nitrogens with zero attached hydrogens (tertiary/aromatic N) is 2. The van der Waals surface area contributed by atoms with Crippen molar-refractivity contribution in [1.82, 2.24) is 9.97 Å². The Kier molecular flexibility index (Phi) is 2.43. The van der Waals surface area contributed by atoms with E-state index in [2.05, 4.69) is 30.7 Å². The molecule has 1 aromatic rings. The van der Waals surface area contributed by atoms with Crippen LogP contribution in [-0.4, -0.2) is 9.97 Å². The lowest BCUT2D eigenvalue weighted by molar-refractivity contribution is 0.558. The fourth-order valence-electron chi connectivity index (χ4n) is 1.18. The van der Waals surface area contributed by atoms with Crippen molar-refractivity contribution in [3.8, 4) is 0 Å². The molecule has 12 heavy (non-hydrogen) atoms. The zero-order valence-corrected chi connectivity index (χ0v) is 7.83. The Morgan fingerprint density at radius 3 is 2.50 bits per heavy atom. The third-order valence-corrected chi connectivity index (χ3v) is 1.72. The molecule has 0 atom stereocenters. The van der Waals surface area contributed by atoms with Gasteiger partial charge in [-0.3, -0.25) is 0 Å². The summed E-state index contributed by atoms with van der Waals surface area (Å²) in [5.74, 6) is 0. The molecule has 66 valence electrons. The molecule has 0 bridgehead atoms. The number of nitrogens with two attached hydrogens (primary N) is 1. The van der Waals surface area contributed by atoms with Crippen molar-refractivity contribution in [2.24, 2.45) is 5.73 Å². The van der Waals surface area contributed by atoms with E-state index in [9.17, 15) is 0 Å². The number of aromatic nitrogens is 2. The van der Waals surface area contributed by atoms with E-state index in [0.29, 0.717) is 6.54 Å². The van der Waals surface area contributed by atoms with Gasteiger partial charge in [-0.1, -0.05) is 20.8 Å². The Labute approximate surface area is 73.0 Å². The molecular weight excluding hydrogens is 150 g/mol. The Hall–Kier alpha value is -0.960. The van der Waals surface area contributed by atoms with Gasteiger partial charge in [-0.05, 0) is 0 Å². The highest BCUT2D eigenvalue weighted by molar-refractivity contribution is 5.22. The molecule has 1 rings (SSSR count). The molecule has 0 saturated heterocycles. The summed E-state index contributed by atoms with van der Waals surface area (Å²) in [5.41, 5.74) is 7.69. The average molecular weight is 165 g/mol.